The van der Waals surface area contributed by atoms with Crippen molar-refractivity contribution in [3.8, 4) is 24.0 Å². The number of aromatic hydroxyl groups is 1. The highest BCUT2D eigenvalue weighted by molar-refractivity contribution is 5.86. The number of allylic oxidation sites excluding steroid dienone is 2. The minimum Gasteiger partial charge on any atom is -0.506 e. The number of pyridine rings is 1. The van der Waals surface area contributed by atoms with Gasteiger partial charge >= 0.3 is 0 Å². The molecule has 28 heavy (non-hydrogen) atoms. The summed E-state index contributed by atoms with van der Waals surface area (Å²) in [5, 5.41) is 40.8. The number of aromatic nitrogens is 1. The quantitative estimate of drug-likeness (QED) is 0.666. The Labute approximate surface area is 161 Å². The molecule has 6 nitrogen and oxygen atoms in total. The Morgan fingerprint density at radius 1 is 0.893 bits per heavy atom. The van der Waals surface area contributed by atoms with Crippen molar-refractivity contribution < 1.29 is 5.11 Å². The summed E-state index contributed by atoms with van der Waals surface area (Å²) in [6, 6.07) is 21.3. The molecule has 132 valence electrons. The number of nitrogens with zero attached hydrogens (tertiary/aromatic N) is 4. The number of hydrogen-bond donors (Lipinski definition) is 2. The smallest absolute Gasteiger partial charge is 0.163 e. The van der Waals surface area contributed by atoms with Crippen molar-refractivity contribution in [3.05, 3.63) is 77.1 Å². The third-order valence-electron chi connectivity index (χ3n) is 3.96. The molecule has 0 aliphatic carbocycles. The number of phenols is 1. The Hall–Kier alpha value is -4.60. The average molecular weight is 363 g/mol. The van der Waals surface area contributed by atoms with Crippen molar-refractivity contribution in [3.63, 3.8) is 0 Å². The minimum atomic E-state index is -0.284. The molecule has 0 saturated carbocycles. The highest BCUT2D eigenvalue weighted by atomic mass is 16.3. The maximum atomic E-state index is 9.97. The van der Waals surface area contributed by atoms with Crippen LogP contribution in [0, 0.1) is 34.0 Å². The second-order valence-corrected chi connectivity index (χ2v) is 5.72. The summed E-state index contributed by atoms with van der Waals surface area (Å²) in [7, 11) is 0. The van der Waals surface area contributed by atoms with Crippen LogP contribution in [0.15, 0.2) is 65.9 Å². The molecule has 0 saturated heterocycles. The van der Waals surface area contributed by atoms with Gasteiger partial charge in [-0.1, -0.05) is 42.5 Å². The normalized spacial score (nSPS) is 10.0. The van der Waals surface area contributed by atoms with Gasteiger partial charge in [-0.15, -0.1) is 0 Å². The van der Waals surface area contributed by atoms with E-state index in [2.05, 4.69) is 10.3 Å². The van der Waals surface area contributed by atoms with Gasteiger partial charge in [-0.3, -0.25) is 0 Å². The van der Waals surface area contributed by atoms with Crippen LogP contribution in [0.25, 0.3) is 23.1 Å². The van der Waals surface area contributed by atoms with Gasteiger partial charge in [0, 0.05) is 11.1 Å². The average Bonchev–Trinajstić information content (AvgIpc) is 2.73. The predicted molar refractivity (Wildman–Crippen MR) is 106 cm³/mol. The number of fused-ring (bicyclic) bond motifs is 1. The minimum absolute atomic E-state index is 0.110. The van der Waals surface area contributed by atoms with Crippen molar-refractivity contribution >= 4 is 28.7 Å². The number of nitriles is 3. The molecule has 0 radical (unpaired) electrons. The molecule has 3 rings (SSSR count). The lowest BCUT2D eigenvalue weighted by Crippen LogP contribution is -2.02. The lowest BCUT2D eigenvalue weighted by molar-refractivity contribution is 0.480. The maximum Gasteiger partial charge on any atom is 0.163 e. The molecule has 2 N–H and O–H groups in total. The molecule has 1 aromatic heterocycles. The fourth-order valence-electron chi connectivity index (χ4n) is 2.59. The Morgan fingerprint density at radius 2 is 1.68 bits per heavy atom. The molecule has 0 atom stereocenters. The zero-order valence-electron chi connectivity index (χ0n) is 14.6. The van der Waals surface area contributed by atoms with Crippen LogP contribution >= 0.6 is 0 Å². The fourth-order valence-corrected chi connectivity index (χ4v) is 2.59. The van der Waals surface area contributed by atoms with E-state index in [1.54, 1.807) is 48.6 Å². The van der Waals surface area contributed by atoms with Crippen molar-refractivity contribution in [2.75, 3.05) is 5.32 Å². The lowest BCUT2D eigenvalue weighted by Gasteiger charge is -2.08. The van der Waals surface area contributed by atoms with E-state index in [0.29, 0.717) is 16.9 Å². The Morgan fingerprint density at radius 3 is 2.43 bits per heavy atom. The van der Waals surface area contributed by atoms with E-state index in [-0.39, 0.29) is 17.0 Å². The predicted octanol–water partition coefficient (Wildman–Crippen LogP) is 4.35. The molecule has 1 heterocycles. The van der Waals surface area contributed by atoms with E-state index in [1.165, 1.54) is 0 Å². The second kappa shape index (κ2) is 8.19. The first-order chi connectivity index (χ1) is 13.7. The largest absolute Gasteiger partial charge is 0.506 e. The van der Waals surface area contributed by atoms with Gasteiger partial charge < -0.3 is 10.4 Å². The van der Waals surface area contributed by atoms with Crippen LogP contribution in [0.3, 0.4) is 0 Å². The fraction of sp³-hybridized carbons (Fsp3) is 0. The van der Waals surface area contributed by atoms with E-state index in [9.17, 15) is 10.4 Å². The first-order valence-electron chi connectivity index (χ1n) is 8.23. The third-order valence-corrected chi connectivity index (χ3v) is 3.96. The number of nitrogens with one attached hydrogen (secondary N) is 1. The molecule has 0 aliphatic heterocycles. The molecular weight excluding hydrogens is 350 g/mol. The van der Waals surface area contributed by atoms with Gasteiger partial charge in [-0.05, 0) is 29.8 Å². The topological polar surface area (TPSA) is 117 Å². The van der Waals surface area contributed by atoms with Gasteiger partial charge in [-0.25, -0.2) is 4.98 Å². The molecule has 0 unspecified atom stereocenters. The van der Waals surface area contributed by atoms with Gasteiger partial charge in [-0.2, -0.15) is 15.8 Å². The van der Waals surface area contributed by atoms with Crippen LogP contribution in [0.1, 0.15) is 11.3 Å². The molecule has 0 aliphatic rings. The standard InChI is InChI=1S/C22H13N5O/c23-12-17(13-24)20(14-25)27-19-6-2-1-4-15(19)8-10-18-11-9-16-5-3-7-21(28)22(16)26-18/h1-11,27-28H. The van der Waals surface area contributed by atoms with Crippen LogP contribution in [0.2, 0.25) is 0 Å². The van der Waals surface area contributed by atoms with Crippen LogP contribution in [-0.4, -0.2) is 10.1 Å². The summed E-state index contributed by atoms with van der Waals surface area (Å²) in [5.41, 5.74) is 2.08. The summed E-state index contributed by atoms with van der Waals surface area (Å²) in [6.45, 7) is 0. The number of benzene rings is 2. The zero-order valence-corrected chi connectivity index (χ0v) is 14.6. The zero-order chi connectivity index (χ0) is 19.9. The lowest BCUT2D eigenvalue weighted by atomic mass is 10.1. The van der Waals surface area contributed by atoms with Crippen LogP contribution < -0.4 is 5.32 Å². The molecule has 2 aromatic carbocycles. The SMILES string of the molecule is N#CC(C#N)=C(C#N)Nc1ccccc1C=Cc1ccc2cccc(O)c2n1. The summed E-state index contributed by atoms with van der Waals surface area (Å²) >= 11 is 0. The van der Waals surface area contributed by atoms with Gasteiger partial charge in [0.15, 0.2) is 5.57 Å². The highest BCUT2D eigenvalue weighted by Gasteiger charge is 2.08. The van der Waals surface area contributed by atoms with Crippen molar-refractivity contribution in [2.24, 2.45) is 0 Å². The molecule has 0 spiro atoms. The first-order valence-corrected chi connectivity index (χ1v) is 8.23. The summed E-state index contributed by atoms with van der Waals surface area (Å²) < 4.78 is 0. The number of rotatable bonds is 4. The van der Waals surface area contributed by atoms with Gasteiger partial charge in [0.25, 0.3) is 0 Å². The number of anilines is 1. The monoisotopic (exact) mass is 363 g/mol. The summed E-state index contributed by atoms with van der Waals surface area (Å²) in [5.74, 6) is 0.110. The van der Waals surface area contributed by atoms with Gasteiger partial charge in [0.2, 0.25) is 0 Å². The Bertz CT molecular complexity index is 1220. The number of phenolic OH excluding ortho intramolecular Hbond substituents is 1. The van der Waals surface area contributed by atoms with E-state index >= 15 is 0 Å². The van der Waals surface area contributed by atoms with Crippen LogP contribution in [0.5, 0.6) is 5.75 Å². The van der Waals surface area contributed by atoms with E-state index in [4.69, 9.17) is 10.5 Å². The number of hydrogen-bond acceptors (Lipinski definition) is 6. The van der Waals surface area contributed by atoms with Crippen LogP contribution in [-0.2, 0) is 0 Å². The molecule has 3 aromatic rings. The third kappa shape index (κ3) is 3.80. The molecular formula is C22H13N5O. The Balaban J connectivity index is 1.95. The van der Waals surface area contributed by atoms with Crippen molar-refractivity contribution in [1.29, 1.82) is 15.8 Å². The first kappa shape index (κ1) is 18.2. The highest BCUT2D eigenvalue weighted by Crippen LogP contribution is 2.24. The van der Waals surface area contributed by atoms with E-state index in [1.807, 2.05) is 36.4 Å². The van der Waals surface area contributed by atoms with E-state index in [0.717, 1.165) is 10.9 Å². The molecule has 0 bridgehead atoms. The molecule has 0 amide bonds. The maximum absolute atomic E-state index is 9.97. The number of para-hydroxylation sites is 2. The summed E-state index contributed by atoms with van der Waals surface area (Å²) in [6.07, 6.45) is 3.57. The van der Waals surface area contributed by atoms with E-state index < -0.39 is 0 Å². The van der Waals surface area contributed by atoms with Crippen molar-refractivity contribution in [1.82, 2.24) is 4.98 Å². The molecule has 6 heteroatoms. The second-order valence-electron chi connectivity index (χ2n) is 5.72. The van der Waals surface area contributed by atoms with Gasteiger partial charge in [0.1, 0.15) is 35.2 Å². The van der Waals surface area contributed by atoms with Crippen molar-refractivity contribution in [2.45, 2.75) is 0 Å². The van der Waals surface area contributed by atoms with Crippen LogP contribution in [0.4, 0.5) is 5.69 Å². The summed E-state index contributed by atoms with van der Waals surface area (Å²) in [4.78, 5) is 4.45. The van der Waals surface area contributed by atoms with Gasteiger partial charge in [0.05, 0.1) is 5.69 Å². The molecule has 0 fully saturated rings. The Kier molecular flexibility index (Phi) is 5.32.